The number of benzene rings is 3. The minimum atomic E-state index is -0.384. The fourth-order valence-corrected chi connectivity index (χ4v) is 2.56. The van der Waals surface area contributed by atoms with Crippen LogP contribution in [0, 0.1) is 22.7 Å². The quantitative estimate of drug-likeness (QED) is 0.638. The van der Waals surface area contributed by atoms with Gasteiger partial charge in [-0.2, -0.15) is 10.5 Å². The Morgan fingerprint density at radius 1 is 0.696 bits per heavy atom. The van der Waals surface area contributed by atoms with Gasteiger partial charge in [-0.15, -0.1) is 0 Å². The Labute approximate surface area is 131 Å². The minimum Gasteiger partial charge on any atom is -0.508 e. The lowest BCUT2D eigenvalue weighted by Gasteiger charge is -2.11. The monoisotopic (exact) mass is 302 g/mol. The molecule has 3 N–H and O–H groups in total. The summed E-state index contributed by atoms with van der Waals surface area (Å²) in [4.78, 5) is 0. The molecule has 3 rings (SSSR count). The highest BCUT2D eigenvalue weighted by Gasteiger charge is 2.19. The number of nitrogens with zero attached hydrogens (tertiary/aromatic N) is 2. The van der Waals surface area contributed by atoms with E-state index in [1.165, 1.54) is 6.07 Å². The van der Waals surface area contributed by atoms with Crippen LogP contribution < -0.4 is 0 Å². The average Bonchev–Trinajstić information content (AvgIpc) is 2.53. The lowest BCUT2D eigenvalue weighted by atomic mass is 9.92. The number of phenolic OH excluding ortho intramolecular Hbond substituents is 3. The van der Waals surface area contributed by atoms with Crippen LogP contribution in [0.3, 0.4) is 0 Å². The van der Waals surface area contributed by atoms with E-state index in [0.717, 1.165) is 16.8 Å². The Balaban J connectivity index is 2.37. The molecule has 23 heavy (non-hydrogen) atoms. The van der Waals surface area contributed by atoms with Crippen LogP contribution in [0.5, 0.6) is 17.2 Å². The lowest BCUT2D eigenvalue weighted by molar-refractivity contribution is 0.449. The van der Waals surface area contributed by atoms with Crippen molar-refractivity contribution in [3.05, 3.63) is 53.6 Å². The summed E-state index contributed by atoms with van der Waals surface area (Å²) < 4.78 is 0. The molecule has 5 nitrogen and oxygen atoms in total. The highest BCUT2D eigenvalue weighted by molar-refractivity contribution is 5.91. The van der Waals surface area contributed by atoms with Gasteiger partial charge in [0.25, 0.3) is 0 Å². The van der Waals surface area contributed by atoms with E-state index in [-0.39, 0.29) is 33.9 Å². The van der Waals surface area contributed by atoms with Gasteiger partial charge in [-0.3, -0.25) is 0 Å². The Morgan fingerprint density at radius 2 is 1.26 bits per heavy atom. The van der Waals surface area contributed by atoms with Crippen molar-refractivity contribution in [3.8, 4) is 40.5 Å². The third-order valence-electron chi connectivity index (χ3n) is 3.62. The van der Waals surface area contributed by atoms with Gasteiger partial charge >= 0.3 is 0 Å². The molecule has 0 heterocycles. The SMILES string of the molecule is N#Cc1c(O)cc(O)c(C#N)c1-c1ccc2cc(O)ccc2c1. The third kappa shape index (κ3) is 2.27. The summed E-state index contributed by atoms with van der Waals surface area (Å²) in [7, 11) is 0. The van der Waals surface area contributed by atoms with Crippen LogP contribution in [0.25, 0.3) is 21.9 Å². The number of hydrogen-bond acceptors (Lipinski definition) is 5. The van der Waals surface area contributed by atoms with Crippen molar-refractivity contribution < 1.29 is 15.3 Å². The number of aromatic hydroxyl groups is 3. The van der Waals surface area contributed by atoms with Crippen LogP contribution >= 0.6 is 0 Å². The van der Waals surface area contributed by atoms with Gasteiger partial charge in [-0.05, 0) is 34.5 Å². The maximum absolute atomic E-state index is 9.88. The van der Waals surface area contributed by atoms with Gasteiger partial charge in [0.2, 0.25) is 0 Å². The van der Waals surface area contributed by atoms with Crippen molar-refractivity contribution in [2.45, 2.75) is 0 Å². The molecule has 0 aliphatic rings. The maximum Gasteiger partial charge on any atom is 0.137 e. The van der Waals surface area contributed by atoms with Crippen molar-refractivity contribution >= 4 is 10.8 Å². The number of rotatable bonds is 1. The summed E-state index contributed by atoms with van der Waals surface area (Å²) in [6.07, 6.45) is 0. The smallest absolute Gasteiger partial charge is 0.137 e. The predicted octanol–water partition coefficient (Wildman–Crippen LogP) is 3.37. The average molecular weight is 302 g/mol. The maximum atomic E-state index is 9.88. The molecular formula is C18H10N2O3. The predicted molar refractivity (Wildman–Crippen MR) is 83.8 cm³/mol. The van der Waals surface area contributed by atoms with Crippen molar-refractivity contribution in [1.82, 2.24) is 0 Å². The summed E-state index contributed by atoms with van der Waals surface area (Å²) in [5.74, 6) is -0.634. The molecule has 0 unspecified atom stereocenters. The molecule has 0 aliphatic heterocycles. The second-order valence-corrected chi connectivity index (χ2v) is 5.01. The van der Waals surface area contributed by atoms with Gasteiger partial charge in [0.05, 0.1) is 0 Å². The van der Waals surface area contributed by atoms with E-state index >= 15 is 0 Å². The molecule has 3 aromatic rings. The van der Waals surface area contributed by atoms with E-state index in [1.54, 1.807) is 30.3 Å². The third-order valence-corrected chi connectivity index (χ3v) is 3.62. The molecule has 0 atom stereocenters. The Bertz CT molecular complexity index is 989. The molecule has 110 valence electrons. The number of hydrogen-bond donors (Lipinski definition) is 3. The summed E-state index contributed by atoms with van der Waals surface area (Å²) >= 11 is 0. The zero-order chi connectivity index (χ0) is 16.6. The Hall–Kier alpha value is -3.70. The molecular weight excluding hydrogens is 292 g/mol. The fourth-order valence-electron chi connectivity index (χ4n) is 2.56. The molecule has 0 aromatic heterocycles. The summed E-state index contributed by atoms with van der Waals surface area (Å²) in [5.41, 5.74) is 0.555. The first-order valence-electron chi connectivity index (χ1n) is 6.67. The van der Waals surface area contributed by atoms with Gasteiger partial charge in [0, 0.05) is 11.6 Å². The van der Waals surface area contributed by atoms with Gasteiger partial charge in [-0.25, -0.2) is 0 Å². The van der Waals surface area contributed by atoms with Crippen molar-refractivity contribution in [2.24, 2.45) is 0 Å². The van der Waals surface area contributed by atoms with E-state index < -0.39 is 0 Å². The summed E-state index contributed by atoms with van der Waals surface area (Å²) in [6, 6.07) is 14.7. The fraction of sp³-hybridized carbons (Fsp3) is 0. The Kier molecular flexibility index (Phi) is 3.25. The second-order valence-electron chi connectivity index (χ2n) is 5.01. The van der Waals surface area contributed by atoms with Crippen LogP contribution in [0.4, 0.5) is 0 Å². The summed E-state index contributed by atoms with van der Waals surface area (Å²) in [6.45, 7) is 0. The van der Waals surface area contributed by atoms with Crippen molar-refractivity contribution in [3.63, 3.8) is 0 Å². The number of nitriles is 2. The van der Waals surface area contributed by atoms with E-state index in [0.29, 0.717) is 5.56 Å². The topological polar surface area (TPSA) is 108 Å². The Morgan fingerprint density at radius 3 is 1.87 bits per heavy atom. The van der Waals surface area contributed by atoms with Crippen LogP contribution in [0.1, 0.15) is 11.1 Å². The molecule has 0 aliphatic carbocycles. The molecule has 0 saturated carbocycles. The van der Waals surface area contributed by atoms with E-state index in [1.807, 2.05) is 12.1 Å². The van der Waals surface area contributed by atoms with Crippen LogP contribution in [0.15, 0.2) is 42.5 Å². The van der Waals surface area contributed by atoms with Gasteiger partial charge in [0.1, 0.15) is 40.5 Å². The standard InChI is InChI=1S/C18H10N2O3/c19-8-14-16(22)7-17(23)15(9-20)18(14)12-2-1-11-6-13(21)4-3-10(11)5-12/h1-7,21-23H. The minimum absolute atomic E-state index is 0.0718. The van der Waals surface area contributed by atoms with E-state index in [2.05, 4.69) is 0 Å². The molecule has 0 radical (unpaired) electrons. The van der Waals surface area contributed by atoms with Crippen LogP contribution in [-0.4, -0.2) is 15.3 Å². The highest BCUT2D eigenvalue weighted by Crippen LogP contribution is 2.39. The molecule has 0 amide bonds. The normalized spacial score (nSPS) is 10.2. The van der Waals surface area contributed by atoms with E-state index in [4.69, 9.17) is 0 Å². The van der Waals surface area contributed by atoms with Crippen molar-refractivity contribution in [1.29, 1.82) is 10.5 Å². The zero-order valence-corrected chi connectivity index (χ0v) is 11.8. The summed E-state index contributed by atoms with van der Waals surface area (Å²) in [5, 5.41) is 49.4. The van der Waals surface area contributed by atoms with Gasteiger partial charge in [-0.1, -0.05) is 18.2 Å². The molecule has 0 saturated heterocycles. The number of fused-ring (bicyclic) bond motifs is 1. The molecule has 5 heteroatoms. The largest absolute Gasteiger partial charge is 0.508 e. The first-order chi connectivity index (χ1) is 11.0. The van der Waals surface area contributed by atoms with Crippen LogP contribution in [0.2, 0.25) is 0 Å². The lowest BCUT2D eigenvalue weighted by Crippen LogP contribution is -1.92. The first-order valence-corrected chi connectivity index (χ1v) is 6.67. The number of phenols is 3. The second kappa shape index (κ2) is 5.25. The van der Waals surface area contributed by atoms with Crippen LogP contribution in [-0.2, 0) is 0 Å². The van der Waals surface area contributed by atoms with Gasteiger partial charge < -0.3 is 15.3 Å². The van der Waals surface area contributed by atoms with E-state index in [9.17, 15) is 25.8 Å². The molecule has 0 bridgehead atoms. The van der Waals surface area contributed by atoms with Crippen molar-refractivity contribution in [2.75, 3.05) is 0 Å². The molecule has 3 aromatic carbocycles. The first kappa shape index (κ1) is 14.2. The van der Waals surface area contributed by atoms with Gasteiger partial charge in [0.15, 0.2) is 0 Å². The molecule has 0 fully saturated rings. The molecule has 0 spiro atoms. The zero-order valence-electron chi connectivity index (χ0n) is 11.8. The highest BCUT2D eigenvalue weighted by atomic mass is 16.3.